The summed E-state index contributed by atoms with van der Waals surface area (Å²) in [6.45, 7) is 7.29. The van der Waals surface area contributed by atoms with Crippen LogP contribution in [0.5, 0.6) is 0 Å². The number of aliphatic hydroxyl groups excluding tert-OH is 1. The highest BCUT2D eigenvalue weighted by Gasteiger charge is 2.30. The van der Waals surface area contributed by atoms with E-state index >= 15 is 0 Å². The molecule has 19 heteroatoms. The fraction of sp³-hybridized carbons (Fsp3) is 0.950. The lowest BCUT2D eigenvalue weighted by molar-refractivity contribution is -0.161. The summed E-state index contributed by atoms with van der Waals surface area (Å²) in [7, 11) is -9.91. The van der Waals surface area contributed by atoms with E-state index in [4.69, 9.17) is 37.0 Å². The molecule has 588 valence electrons. The van der Waals surface area contributed by atoms with Gasteiger partial charge in [-0.15, -0.1) is 0 Å². The van der Waals surface area contributed by atoms with Gasteiger partial charge >= 0.3 is 39.5 Å². The number of carbonyl (C=O) groups excluding carboxylic acids is 4. The smallest absolute Gasteiger partial charge is 0.462 e. The summed E-state index contributed by atoms with van der Waals surface area (Å²) in [5.41, 5.74) is 0. The first kappa shape index (κ1) is 97.1. The molecule has 3 N–H and O–H groups in total. The summed E-state index contributed by atoms with van der Waals surface area (Å²) in [6, 6.07) is 0. The summed E-state index contributed by atoms with van der Waals surface area (Å²) < 4.78 is 68.4. The molecule has 0 aliphatic carbocycles. The van der Waals surface area contributed by atoms with Crippen LogP contribution in [0.25, 0.3) is 0 Å². The normalized spacial score (nSPS) is 14.1. The van der Waals surface area contributed by atoms with Crippen LogP contribution < -0.4 is 0 Å². The Hall–Kier alpha value is -1.94. The largest absolute Gasteiger partial charge is 0.472 e. The van der Waals surface area contributed by atoms with Crippen LogP contribution in [0.1, 0.15) is 426 Å². The molecule has 6 atom stereocenters. The maximum atomic E-state index is 13.1. The highest BCUT2D eigenvalue weighted by atomic mass is 31.2. The van der Waals surface area contributed by atoms with Crippen molar-refractivity contribution in [1.29, 1.82) is 0 Å². The zero-order chi connectivity index (χ0) is 72.7. The molecule has 0 aliphatic rings. The molecule has 0 aromatic rings. The van der Waals surface area contributed by atoms with Gasteiger partial charge in [0.2, 0.25) is 0 Å². The first-order valence-corrected chi connectivity index (χ1v) is 44.7. The molecular formula is C80H156O17P2. The second-order valence-corrected chi connectivity index (χ2v) is 32.0. The van der Waals surface area contributed by atoms with Crippen LogP contribution in [0.4, 0.5) is 0 Å². The van der Waals surface area contributed by atoms with Gasteiger partial charge in [-0.25, -0.2) is 9.13 Å². The summed E-state index contributed by atoms with van der Waals surface area (Å²) >= 11 is 0. The number of hydrogen-bond donors (Lipinski definition) is 3. The van der Waals surface area contributed by atoms with E-state index in [2.05, 4.69) is 34.6 Å². The maximum Gasteiger partial charge on any atom is 0.472 e. The van der Waals surface area contributed by atoms with Gasteiger partial charge in [0.05, 0.1) is 26.4 Å². The Labute approximate surface area is 607 Å². The molecule has 0 rings (SSSR count). The van der Waals surface area contributed by atoms with Crippen molar-refractivity contribution < 1.29 is 80.2 Å². The van der Waals surface area contributed by atoms with E-state index in [1.54, 1.807) is 0 Å². The van der Waals surface area contributed by atoms with Gasteiger partial charge in [-0.2, -0.15) is 0 Å². The van der Waals surface area contributed by atoms with Crippen molar-refractivity contribution in [2.75, 3.05) is 39.6 Å². The van der Waals surface area contributed by atoms with Crippen LogP contribution in [-0.2, 0) is 65.4 Å². The standard InChI is InChI=1S/C80H156O17P2/c1-6-10-13-16-18-20-22-24-26-27-28-29-30-31-33-39-43-47-51-56-61-66-80(85)97-76(70-91-78(83)64-59-54-49-45-41-37-35-34-36-40-44-48-53-57-62-73(5)9-4)72-95-99(88,89)93-68-74(81)67-92-98(86,87)94-71-75(69-90-77(82)63-58-52-15-12-8-3)96-79(84)65-60-55-50-46-42-38-32-25-23-21-19-17-14-11-7-2/h73-76,81H,6-72H2,1-5H3,(H,86,87)(H,88,89)/t73?,74-,75+,76+/m0/s1. The zero-order valence-corrected chi connectivity index (χ0v) is 66.4. The zero-order valence-electron chi connectivity index (χ0n) is 64.6. The number of ether oxygens (including phenoxy) is 4. The van der Waals surface area contributed by atoms with E-state index in [9.17, 15) is 43.2 Å². The molecule has 0 fully saturated rings. The molecule has 0 spiro atoms. The quantitative estimate of drug-likeness (QED) is 0.0222. The summed E-state index contributed by atoms with van der Waals surface area (Å²) in [4.78, 5) is 72.7. The van der Waals surface area contributed by atoms with Crippen LogP contribution in [0, 0.1) is 5.92 Å². The topological polar surface area (TPSA) is 237 Å². The van der Waals surface area contributed by atoms with Crippen molar-refractivity contribution in [3.63, 3.8) is 0 Å². The Morgan fingerprint density at radius 2 is 0.485 bits per heavy atom. The molecule has 0 bridgehead atoms. The van der Waals surface area contributed by atoms with Gasteiger partial charge in [0.1, 0.15) is 19.3 Å². The first-order valence-electron chi connectivity index (χ1n) is 41.7. The Morgan fingerprint density at radius 3 is 0.717 bits per heavy atom. The fourth-order valence-electron chi connectivity index (χ4n) is 12.4. The van der Waals surface area contributed by atoms with Crippen LogP contribution in [0.2, 0.25) is 0 Å². The molecule has 0 aromatic heterocycles. The monoisotopic (exact) mass is 1450 g/mol. The Bertz CT molecular complexity index is 1890. The van der Waals surface area contributed by atoms with Crippen molar-refractivity contribution >= 4 is 39.5 Å². The van der Waals surface area contributed by atoms with E-state index < -0.39 is 97.5 Å². The average Bonchev–Trinajstić information content (AvgIpc) is 1.06. The first-order chi connectivity index (χ1) is 48.1. The molecule has 0 saturated heterocycles. The van der Waals surface area contributed by atoms with E-state index in [-0.39, 0.29) is 25.7 Å². The van der Waals surface area contributed by atoms with Crippen molar-refractivity contribution in [3.05, 3.63) is 0 Å². The molecule has 0 aliphatic heterocycles. The fourth-order valence-corrected chi connectivity index (χ4v) is 14.0. The molecule has 0 saturated carbocycles. The Kier molecular flexibility index (Phi) is 71.6. The summed E-state index contributed by atoms with van der Waals surface area (Å²) in [5.74, 6) is -1.27. The van der Waals surface area contributed by atoms with Gasteiger partial charge in [-0.1, -0.05) is 375 Å². The molecule has 17 nitrogen and oxygen atoms in total. The minimum Gasteiger partial charge on any atom is -0.462 e. The van der Waals surface area contributed by atoms with Crippen molar-refractivity contribution in [2.45, 2.75) is 445 Å². The van der Waals surface area contributed by atoms with E-state index in [0.29, 0.717) is 25.7 Å². The molecule has 0 amide bonds. The average molecular weight is 1450 g/mol. The number of aliphatic hydroxyl groups is 1. The number of carbonyl (C=O) groups is 4. The Morgan fingerprint density at radius 1 is 0.283 bits per heavy atom. The lowest BCUT2D eigenvalue weighted by atomic mass is 9.99. The van der Waals surface area contributed by atoms with Crippen LogP contribution in [0.15, 0.2) is 0 Å². The van der Waals surface area contributed by atoms with Gasteiger partial charge in [-0.05, 0) is 31.6 Å². The van der Waals surface area contributed by atoms with Crippen LogP contribution in [0.3, 0.4) is 0 Å². The number of esters is 4. The third kappa shape index (κ3) is 72.8. The van der Waals surface area contributed by atoms with Crippen molar-refractivity contribution in [2.24, 2.45) is 5.92 Å². The lowest BCUT2D eigenvalue weighted by Crippen LogP contribution is -2.30. The molecule has 3 unspecified atom stereocenters. The van der Waals surface area contributed by atoms with Crippen LogP contribution in [-0.4, -0.2) is 96.7 Å². The summed E-state index contributed by atoms with van der Waals surface area (Å²) in [6.07, 6.45) is 64.3. The van der Waals surface area contributed by atoms with Gasteiger partial charge in [0.25, 0.3) is 0 Å². The number of phosphoric acid groups is 2. The second kappa shape index (κ2) is 73.0. The molecular weight excluding hydrogens is 1290 g/mol. The van der Waals surface area contributed by atoms with Crippen LogP contribution >= 0.6 is 15.6 Å². The number of phosphoric ester groups is 2. The number of unbranched alkanes of at least 4 members (excludes halogenated alkanes) is 51. The van der Waals surface area contributed by atoms with Crippen molar-refractivity contribution in [3.8, 4) is 0 Å². The minimum atomic E-state index is -4.96. The van der Waals surface area contributed by atoms with Gasteiger partial charge in [-0.3, -0.25) is 37.3 Å². The number of rotatable bonds is 80. The van der Waals surface area contributed by atoms with Gasteiger partial charge in [0, 0.05) is 25.7 Å². The van der Waals surface area contributed by atoms with Crippen molar-refractivity contribution in [1.82, 2.24) is 0 Å². The molecule has 99 heavy (non-hydrogen) atoms. The Balaban J connectivity index is 5.12. The van der Waals surface area contributed by atoms with E-state index in [0.717, 1.165) is 102 Å². The summed E-state index contributed by atoms with van der Waals surface area (Å²) in [5, 5.41) is 10.6. The second-order valence-electron chi connectivity index (χ2n) is 29.1. The number of hydrogen-bond acceptors (Lipinski definition) is 15. The molecule has 0 aromatic carbocycles. The highest BCUT2D eigenvalue weighted by molar-refractivity contribution is 7.47. The predicted octanol–water partition coefficient (Wildman–Crippen LogP) is 24.0. The highest BCUT2D eigenvalue weighted by Crippen LogP contribution is 2.45. The predicted molar refractivity (Wildman–Crippen MR) is 405 cm³/mol. The molecule has 0 radical (unpaired) electrons. The lowest BCUT2D eigenvalue weighted by Gasteiger charge is -2.21. The third-order valence-corrected chi connectivity index (χ3v) is 21.0. The third-order valence-electron chi connectivity index (χ3n) is 19.1. The van der Waals surface area contributed by atoms with Gasteiger partial charge < -0.3 is 33.8 Å². The molecule has 0 heterocycles. The van der Waals surface area contributed by atoms with E-state index in [1.807, 2.05) is 0 Å². The van der Waals surface area contributed by atoms with Gasteiger partial charge in [0.15, 0.2) is 12.2 Å². The van der Waals surface area contributed by atoms with E-state index in [1.165, 1.54) is 244 Å². The SMILES string of the molecule is CCCCCCCCCCCCCCCCCCCCCCCC(=O)O[C@H](COC(=O)CCCCCCCCCCCCCCCCC(C)CC)COP(=O)(O)OC[C@@H](O)COP(=O)(O)OC[C@@H](COC(=O)CCCCCCC)OC(=O)CCCCCCCCCCCCCCCCC. The maximum absolute atomic E-state index is 13.1. The minimum absolute atomic E-state index is 0.108.